The van der Waals surface area contributed by atoms with Crippen molar-refractivity contribution in [1.82, 2.24) is 4.90 Å². The van der Waals surface area contributed by atoms with Crippen molar-refractivity contribution in [2.75, 3.05) is 20.8 Å². The third kappa shape index (κ3) is 2.75. The fourth-order valence-electron chi connectivity index (χ4n) is 1.88. The lowest BCUT2D eigenvalue weighted by molar-refractivity contribution is -0.276. The first kappa shape index (κ1) is 14.3. The third-order valence-electron chi connectivity index (χ3n) is 3.02. The number of nitrogens with zero attached hydrogens (tertiary/aromatic N) is 1. The van der Waals surface area contributed by atoms with E-state index in [-0.39, 0.29) is 5.91 Å². The Labute approximate surface area is 99.5 Å². The molecule has 5 atom stereocenters. The number of carbonyl (C=O) groups excluding carboxylic acids is 1. The summed E-state index contributed by atoms with van der Waals surface area (Å²) in [4.78, 5) is 12.5. The molecule has 1 aliphatic heterocycles. The molecule has 100 valence electrons. The van der Waals surface area contributed by atoms with Crippen molar-refractivity contribution < 1.29 is 29.6 Å². The maximum atomic E-state index is 11.3. The summed E-state index contributed by atoms with van der Waals surface area (Å²) in [5, 5.41) is 28.7. The smallest absolute Gasteiger partial charge is 0.219 e. The summed E-state index contributed by atoms with van der Waals surface area (Å²) in [5.41, 5.74) is 0. The maximum Gasteiger partial charge on any atom is 0.219 e. The summed E-state index contributed by atoms with van der Waals surface area (Å²) < 4.78 is 10.3. The molecule has 1 heterocycles. The van der Waals surface area contributed by atoms with Gasteiger partial charge in [-0.3, -0.25) is 4.79 Å². The molecule has 1 unspecified atom stereocenters. The molecule has 0 aromatic carbocycles. The van der Waals surface area contributed by atoms with Crippen LogP contribution < -0.4 is 0 Å². The number of hydrogen-bond donors (Lipinski definition) is 3. The highest BCUT2D eigenvalue weighted by Gasteiger charge is 2.46. The number of carbonyl (C=O) groups is 1. The molecular formula is C10H19NO6. The Bertz CT molecular complexity index is 272. The predicted octanol–water partition coefficient (Wildman–Crippen LogP) is -2.08. The zero-order valence-corrected chi connectivity index (χ0v) is 10.1. The molecule has 1 amide bonds. The molecule has 0 aliphatic carbocycles. The van der Waals surface area contributed by atoms with Gasteiger partial charge in [0.1, 0.15) is 24.4 Å². The van der Waals surface area contributed by atoms with Crippen LogP contribution in [0.25, 0.3) is 0 Å². The number of rotatable bonds is 3. The molecule has 1 rings (SSSR count). The van der Waals surface area contributed by atoms with E-state index in [4.69, 9.17) is 14.6 Å². The summed E-state index contributed by atoms with van der Waals surface area (Å²) >= 11 is 0. The molecule has 1 fully saturated rings. The Morgan fingerprint density at radius 2 is 2.00 bits per heavy atom. The fraction of sp³-hybridized carbons (Fsp3) is 0.900. The van der Waals surface area contributed by atoms with Crippen LogP contribution in [0.1, 0.15) is 6.92 Å². The highest BCUT2D eigenvalue weighted by Crippen LogP contribution is 2.24. The van der Waals surface area contributed by atoms with Crippen LogP contribution in [0.15, 0.2) is 0 Å². The third-order valence-corrected chi connectivity index (χ3v) is 3.02. The Kier molecular flexibility index (Phi) is 4.84. The van der Waals surface area contributed by atoms with E-state index >= 15 is 0 Å². The van der Waals surface area contributed by atoms with E-state index < -0.39 is 37.3 Å². The molecular weight excluding hydrogens is 230 g/mol. The molecule has 0 aromatic heterocycles. The van der Waals surface area contributed by atoms with Crippen LogP contribution in [-0.2, 0) is 14.3 Å². The predicted molar refractivity (Wildman–Crippen MR) is 57.0 cm³/mol. The molecule has 0 bridgehead atoms. The van der Waals surface area contributed by atoms with Crippen LogP contribution in [0.3, 0.4) is 0 Å². The molecule has 1 saturated heterocycles. The Hall–Kier alpha value is -0.730. The number of hydrogen-bond acceptors (Lipinski definition) is 6. The van der Waals surface area contributed by atoms with E-state index in [1.807, 2.05) is 0 Å². The van der Waals surface area contributed by atoms with Gasteiger partial charge >= 0.3 is 0 Å². The van der Waals surface area contributed by atoms with Crippen molar-refractivity contribution in [3.63, 3.8) is 0 Å². The SMILES string of the molecule is COC1O[C@H](CO)[C@@H](O)[C@H](O)[C@H]1N(C)C(C)=O. The molecule has 0 saturated carbocycles. The van der Waals surface area contributed by atoms with E-state index in [0.717, 1.165) is 0 Å². The van der Waals surface area contributed by atoms with E-state index in [2.05, 4.69) is 0 Å². The van der Waals surface area contributed by atoms with Gasteiger partial charge in [-0.15, -0.1) is 0 Å². The van der Waals surface area contributed by atoms with Crippen LogP contribution >= 0.6 is 0 Å². The van der Waals surface area contributed by atoms with Gasteiger partial charge in [-0.05, 0) is 0 Å². The number of aliphatic hydroxyl groups excluding tert-OH is 3. The van der Waals surface area contributed by atoms with E-state index in [1.165, 1.54) is 26.0 Å². The standard InChI is InChI=1S/C10H19NO6/c1-5(13)11(2)7-9(15)8(14)6(4-12)17-10(7)16-3/h6-10,12,14-15H,4H2,1-3H3/t6-,7-,8-,9-,10?/m1/s1. The second-order valence-corrected chi connectivity index (χ2v) is 4.06. The van der Waals surface area contributed by atoms with Gasteiger partial charge in [0.05, 0.1) is 6.61 Å². The highest BCUT2D eigenvalue weighted by molar-refractivity contribution is 5.73. The van der Waals surface area contributed by atoms with E-state index in [0.29, 0.717) is 0 Å². The van der Waals surface area contributed by atoms with Crippen molar-refractivity contribution in [2.24, 2.45) is 0 Å². The minimum absolute atomic E-state index is 0.283. The summed E-state index contributed by atoms with van der Waals surface area (Å²) in [6, 6.07) is -0.810. The summed E-state index contributed by atoms with van der Waals surface area (Å²) in [5.74, 6) is -0.283. The van der Waals surface area contributed by atoms with Gasteiger partial charge in [-0.1, -0.05) is 0 Å². The molecule has 1 aliphatic rings. The van der Waals surface area contributed by atoms with Crippen molar-refractivity contribution in [3.05, 3.63) is 0 Å². The fourth-order valence-corrected chi connectivity index (χ4v) is 1.88. The minimum Gasteiger partial charge on any atom is -0.394 e. The quantitative estimate of drug-likeness (QED) is 0.531. The number of likely N-dealkylation sites (N-methyl/N-ethyl adjacent to an activating group) is 1. The van der Waals surface area contributed by atoms with Crippen molar-refractivity contribution in [2.45, 2.75) is 37.6 Å². The average Bonchev–Trinajstić information content (AvgIpc) is 2.31. The first-order chi connectivity index (χ1) is 7.93. The van der Waals surface area contributed by atoms with Crippen LogP contribution in [0.2, 0.25) is 0 Å². The second kappa shape index (κ2) is 5.74. The maximum absolute atomic E-state index is 11.3. The van der Waals surface area contributed by atoms with E-state index in [9.17, 15) is 15.0 Å². The number of methoxy groups -OCH3 is 1. The van der Waals surface area contributed by atoms with Crippen molar-refractivity contribution in [3.8, 4) is 0 Å². The molecule has 3 N–H and O–H groups in total. The molecule has 7 heteroatoms. The van der Waals surface area contributed by atoms with Gasteiger partial charge < -0.3 is 29.7 Å². The Morgan fingerprint density at radius 1 is 1.41 bits per heavy atom. The number of aliphatic hydroxyl groups is 3. The van der Waals surface area contributed by atoms with E-state index in [1.54, 1.807) is 0 Å². The Morgan fingerprint density at radius 3 is 2.41 bits per heavy atom. The first-order valence-corrected chi connectivity index (χ1v) is 5.32. The topological polar surface area (TPSA) is 99.5 Å². The molecule has 0 spiro atoms. The normalized spacial score (nSPS) is 37.9. The van der Waals surface area contributed by atoms with Gasteiger partial charge in [-0.25, -0.2) is 0 Å². The van der Waals surface area contributed by atoms with Gasteiger partial charge in [0.2, 0.25) is 5.91 Å². The number of ether oxygens (including phenoxy) is 2. The highest BCUT2D eigenvalue weighted by atomic mass is 16.7. The molecule has 7 nitrogen and oxygen atoms in total. The van der Waals surface area contributed by atoms with Crippen LogP contribution in [0.5, 0.6) is 0 Å². The van der Waals surface area contributed by atoms with Gasteiger partial charge in [0.25, 0.3) is 0 Å². The zero-order chi connectivity index (χ0) is 13.2. The van der Waals surface area contributed by atoms with Crippen molar-refractivity contribution >= 4 is 5.91 Å². The minimum atomic E-state index is -1.27. The van der Waals surface area contributed by atoms with Crippen LogP contribution in [-0.4, -0.2) is 77.5 Å². The second-order valence-electron chi connectivity index (χ2n) is 4.06. The van der Waals surface area contributed by atoms with Crippen LogP contribution in [0.4, 0.5) is 0 Å². The lowest BCUT2D eigenvalue weighted by atomic mass is 9.96. The summed E-state index contributed by atoms with van der Waals surface area (Å²) in [7, 11) is 2.85. The lowest BCUT2D eigenvalue weighted by Gasteiger charge is -2.44. The molecule has 17 heavy (non-hydrogen) atoms. The summed E-state index contributed by atoms with van der Waals surface area (Å²) in [6.07, 6.45) is -4.32. The van der Waals surface area contributed by atoms with Gasteiger partial charge in [0.15, 0.2) is 6.29 Å². The zero-order valence-electron chi connectivity index (χ0n) is 10.1. The van der Waals surface area contributed by atoms with Gasteiger partial charge in [-0.2, -0.15) is 0 Å². The lowest BCUT2D eigenvalue weighted by Crippen LogP contribution is -2.64. The van der Waals surface area contributed by atoms with Crippen LogP contribution in [0, 0.1) is 0 Å². The Balaban J connectivity index is 2.90. The van der Waals surface area contributed by atoms with Gasteiger partial charge in [0, 0.05) is 21.1 Å². The number of amides is 1. The summed E-state index contributed by atoms with van der Waals surface area (Å²) in [6.45, 7) is 0.901. The van der Waals surface area contributed by atoms with Crippen molar-refractivity contribution in [1.29, 1.82) is 0 Å². The molecule has 0 aromatic rings. The monoisotopic (exact) mass is 249 g/mol. The first-order valence-electron chi connectivity index (χ1n) is 5.32. The average molecular weight is 249 g/mol. The largest absolute Gasteiger partial charge is 0.394 e. The molecule has 0 radical (unpaired) electrons.